The molecule has 6 saturated heterocycles. The maximum Gasteiger partial charge on any atom is 0.303 e. The van der Waals surface area contributed by atoms with Gasteiger partial charge in [0, 0.05) is 91.9 Å². The summed E-state index contributed by atoms with van der Waals surface area (Å²) in [6.45, 7) is 20.9. The van der Waals surface area contributed by atoms with Crippen molar-refractivity contribution in [1.82, 2.24) is 0 Å². The number of fused-ring (bicyclic) bond motifs is 6. The van der Waals surface area contributed by atoms with E-state index in [9.17, 15) is 43.5 Å². The summed E-state index contributed by atoms with van der Waals surface area (Å²) in [7, 11) is 0. The summed E-state index contributed by atoms with van der Waals surface area (Å²) < 4.78 is 107. The minimum atomic E-state index is -1.76. The van der Waals surface area contributed by atoms with Gasteiger partial charge in [-0.05, 0) is 81.5 Å². The smallest absolute Gasteiger partial charge is 0.303 e. The first-order valence-electron chi connectivity index (χ1n) is 30.8. The molecule has 87 heavy (non-hydrogen) atoms. The summed E-state index contributed by atoms with van der Waals surface area (Å²) in [6, 6.07) is 0. The number of carbonyl (C=O) groups is 8. The van der Waals surface area contributed by atoms with Crippen LogP contribution in [0.25, 0.3) is 0 Å². The Morgan fingerprint density at radius 1 is 0.517 bits per heavy atom. The van der Waals surface area contributed by atoms with Gasteiger partial charge in [0.2, 0.25) is 0 Å². The molecule has 10 rings (SSSR count). The largest absolute Gasteiger partial charge is 0.463 e. The average Bonchev–Trinajstić information content (AvgIpc) is 1.50. The third-order valence-electron chi connectivity index (χ3n) is 20.8. The molecule has 2 spiro atoms. The highest BCUT2D eigenvalue weighted by molar-refractivity contribution is 5.70. The number of esters is 8. The van der Waals surface area contributed by atoms with Crippen molar-refractivity contribution >= 4 is 47.8 Å². The Kier molecular flexibility index (Phi) is 18.4. The maximum atomic E-state index is 13.7. The van der Waals surface area contributed by atoms with Crippen LogP contribution in [0.3, 0.4) is 0 Å². The van der Waals surface area contributed by atoms with Crippen molar-refractivity contribution in [2.75, 3.05) is 13.2 Å². The van der Waals surface area contributed by atoms with Gasteiger partial charge in [0.1, 0.15) is 24.4 Å². The van der Waals surface area contributed by atoms with E-state index in [1.165, 1.54) is 13.8 Å². The molecule has 0 aromatic heterocycles. The minimum Gasteiger partial charge on any atom is -0.463 e. The van der Waals surface area contributed by atoms with E-state index in [0.717, 1.165) is 87.5 Å². The Bertz CT molecular complexity index is 2640. The van der Waals surface area contributed by atoms with Crippen LogP contribution in [-0.2, 0) is 119 Å². The minimum absolute atomic E-state index is 0.00739. The predicted molar refractivity (Wildman–Crippen MR) is 290 cm³/mol. The lowest BCUT2D eigenvalue weighted by atomic mass is 9.44. The third-order valence-corrected chi connectivity index (χ3v) is 20.8. The van der Waals surface area contributed by atoms with E-state index >= 15 is 0 Å². The number of aliphatic hydroxyl groups is 1. The predicted octanol–water partition coefficient (Wildman–Crippen LogP) is 4.34. The molecule has 4 saturated carbocycles. The van der Waals surface area contributed by atoms with E-state index in [2.05, 4.69) is 27.7 Å². The molecule has 0 radical (unpaired) electrons. The number of hydrogen-bond acceptors (Lipinski definition) is 26. The summed E-state index contributed by atoms with van der Waals surface area (Å²) >= 11 is 0. The number of ether oxygens (including phenoxy) is 17. The van der Waals surface area contributed by atoms with Crippen molar-refractivity contribution in [2.45, 2.75) is 276 Å². The highest BCUT2D eigenvalue weighted by Crippen LogP contribution is 2.77. The van der Waals surface area contributed by atoms with Gasteiger partial charge in [-0.2, -0.15) is 0 Å². The topological polar surface area (TPSA) is 317 Å². The molecule has 10 aliphatic rings. The zero-order valence-corrected chi connectivity index (χ0v) is 52.2. The summed E-state index contributed by atoms with van der Waals surface area (Å²) in [6.07, 6.45) is -17.7. The third kappa shape index (κ3) is 12.3. The molecule has 10 fully saturated rings. The van der Waals surface area contributed by atoms with Crippen LogP contribution in [0.15, 0.2) is 0 Å². The molecule has 6 aliphatic heterocycles. The highest BCUT2D eigenvalue weighted by atomic mass is 16.8. The SMILES string of the molecule is CC(=O)OC[C@H]1O[C@@H](O[C@H]2CC[C@]3(C)[C@H]4CC[C@]5(C)[C@H]6[C@H](C)[C@@]7(CC[C@@H](C)CO7)O[C@@]6(O)C[C@H]5[C@@H]4CC4OC43C2)[C@H](O[C@@H]2O[C@@H](C)[C@H](OC(C)=O)[C@@H](OC(C)=O)[C@H]2OC(C)=O)[C@@H](OC(C)=O)[C@@H]1O[C@@H]1O[C@@H](C)[C@H](OC(C)=O)[C@@H](OC(C)=O)[C@H]1OC(C)=O. The summed E-state index contributed by atoms with van der Waals surface area (Å²) in [5.74, 6) is -7.91. The molecule has 0 bridgehead atoms. The van der Waals surface area contributed by atoms with Gasteiger partial charge in [-0.15, -0.1) is 0 Å². The maximum absolute atomic E-state index is 13.7. The van der Waals surface area contributed by atoms with Crippen molar-refractivity contribution < 1.29 is 124 Å². The zero-order valence-electron chi connectivity index (χ0n) is 52.2. The van der Waals surface area contributed by atoms with E-state index in [-0.39, 0.29) is 46.5 Å². The molecule has 0 amide bonds. The molecule has 1 N–H and O–H groups in total. The summed E-state index contributed by atoms with van der Waals surface area (Å²) in [5, 5.41) is 12.6. The standard InChI is InChI=1S/C61H88O26/c1-26-15-20-61(72-24-26)27(2)53-57(13)18-17-40-39(41(57)23-60(53,70)87-61)21-43-59(86-43)22-38(16-19-58(40,59)14)82-56-52(85-55-51(81-37(12)69)48(78-34(9)66)45(29(4)74-55)76-32(7)64)49(79-35(10)67)46(42(83-56)25-71-30(5)62)84-54-50(80-36(11)68)47(77-33(8)65)44(28(3)73-54)75-31(6)63/h26-29,38-56,70H,15-25H2,1-14H3/t26-,27+,28+,29+,38+,39-,40+,41+,42-,43?,44+,45+,46-,47-,48-,49+,50-,51-,52-,53-,54+,55+,56-,57+,58-,59?,60+,61-/m1/s1. The van der Waals surface area contributed by atoms with Crippen LogP contribution in [0.5, 0.6) is 0 Å². The molecule has 4 aliphatic carbocycles. The lowest BCUT2D eigenvalue weighted by molar-refractivity contribution is -0.389. The molecule has 6 heterocycles. The molecular weight excluding hydrogens is 1150 g/mol. The first kappa shape index (κ1) is 65.3. The monoisotopic (exact) mass is 1240 g/mol. The van der Waals surface area contributed by atoms with Crippen LogP contribution in [-0.4, -0.2) is 188 Å². The Hall–Kier alpha value is -4.64. The number of carbonyl (C=O) groups excluding carboxylic acids is 8. The van der Waals surface area contributed by atoms with E-state index in [0.29, 0.717) is 38.2 Å². The van der Waals surface area contributed by atoms with Crippen LogP contribution in [0.4, 0.5) is 0 Å². The van der Waals surface area contributed by atoms with Crippen LogP contribution in [0, 0.1) is 46.3 Å². The molecule has 26 heteroatoms. The van der Waals surface area contributed by atoms with Gasteiger partial charge in [-0.3, -0.25) is 38.4 Å². The lowest BCUT2D eigenvalue weighted by Crippen LogP contribution is -2.68. The Morgan fingerprint density at radius 3 is 1.52 bits per heavy atom. The second kappa shape index (κ2) is 24.5. The second-order valence-electron chi connectivity index (χ2n) is 26.7. The van der Waals surface area contributed by atoms with Gasteiger partial charge in [0.05, 0.1) is 31.0 Å². The fourth-order valence-corrected chi connectivity index (χ4v) is 17.5. The van der Waals surface area contributed by atoms with Crippen LogP contribution in [0.2, 0.25) is 0 Å². The number of epoxide rings is 1. The summed E-state index contributed by atoms with van der Waals surface area (Å²) in [5.41, 5.74) is -1.19. The molecule has 28 atom stereocenters. The van der Waals surface area contributed by atoms with Crippen molar-refractivity contribution in [3.05, 3.63) is 0 Å². The normalized spacial score (nSPS) is 47.6. The van der Waals surface area contributed by atoms with Crippen LogP contribution in [0.1, 0.15) is 155 Å². The van der Waals surface area contributed by atoms with Crippen molar-refractivity contribution in [3.63, 3.8) is 0 Å². The number of hydrogen-bond donors (Lipinski definition) is 1. The molecule has 26 nitrogen and oxygen atoms in total. The molecule has 488 valence electrons. The Morgan fingerprint density at radius 2 is 1.01 bits per heavy atom. The van der Waals surface area contributed by atoms with Crippen LogP contribution < -0.4 is 0 Å². The second-order valence-corrected chi connectivity index (χ2v) is 26.7. The molecule has 0 aromatic carbocycles. The van der Waals surface area contributed by atoms with Crippen molar-refractivity contribution in [2.24, 2.45) is 46.3 Å². The first-order valence-corrected chi connectivity index (χ1v) is 30.8. The molecule has 2 unspecified atom stereocenters. The Balaban J connectivity index is 0.988. The molecular formula is C61H88O26. The molecule has 0 aromatic rings. The van der Waals surface area contributed by atoms with Gasteiger partial charge in [0.15, 0.2) is 79.3 Å². The fourth-order valence-electron chi connectivity index (χ4n) is 17.5. The van der Waals surface area contributed by atoms with E-state index in [4.69, 9.17) is 80.5 Å². The van der Waals surface area contributed by atoms with E-state index < -0.39 is 170 Å². The summed E-state index contributed by atoms with van der Waals surface area (Å²) in [4.78, 5) is 103. The quantitative estimate of drug-likeness (QED) is 0.103. The fraction of sp³-hybridized carbons (Fsp3) is 0.869. The Labute approximate surface area is 506 Å². The first-order chi connectivity index (χ1) is 40.8. The van der Waals surface area contributed by atoms with Gasteiger partial charge in [-0.1, -0.05) is 27.7 Å². The highest BCUT2D eigenvalue weighted by Gasteiger charge is 2.80. The van der Waals surface area contributed by atoms with Gasteiger partial charge in [-0.25, -0.2) is 0 Å². The van der Waals surface area contributed by atoms with Gasteiger partial charge >= 0.3 is 47.8 Å². The van der Waals surface area contributed by atoms with Crippen molar-refractivity contribution in [1.29, 1.82) is 0 Å². The van der Waals surface area contributed by atoms with Crippen LogP contribution >= 0.6 is 0 Å². The lowest BCUT2D eigenvalue weighted by Gasteiger charge is -2.59. The van der Waals surface area contributed by atoms with Crippen molar-refractivity contribution in [3.8, 4) is 0 Å². The van der Waals surface area contributed by atoms with Gasteiger partial charge in [0.25, 0.3) is 0 Å². The average molecular weight is 1240 g/mol. The van der Waals surface area contributed by atoms with E-state index in [1.54, 1.807) is 0 Å². The van der Waals surface area contributed by atoms with E-state index in [1.807, 2.05) is 0 Å². The van der Waals surface area contributed by atoms with Gasteiger partial charge < -0.3 is 85.6 Å². The number of rotatable bonds is 15. The zero-order chi connectivity index (χ0) is 63.2.